The van der Waals surface area contributed by atoms with Gasteiger partial charge in [0.15, 0.2) is 0 Å². The minimum atomic E-state index is -1.14. The van der Waals surface area contributed by atoms with Gasteiger partial charge in [-0.2, -0.15) is 0 Å². The van der Waals surface area contributed by atoms with Gasteiger partial charge >= 0.3 is 5.97 Å². The van der Waals surface area contributed by atoms with Gasteiger partial charge in [0.25, 0.3) is 0 Å². The third kappa shape index (κ3) is 3.94. The van der Waals surface area contributed by atoms with Crippen LogP contribution in [0.4, 0.5) is 0 Å². The first-order valence-electron chi connectivity index (χ1n) is 6.24. The predicted octanol–water partition coefficient (Wildman–Crippen LogP) is 0.678. The zero-order chi connectivity index (χ0) is 13.1. The summed E-state index contributed by atoms with van der Waals surface area (Å²) in [7, 11) is 0. The fourth-order valence-electron chi connectivity index (χ4n) is 2.05. The molecule has 0 saturated carbocycles. The van der Waals surface area contributed by atoms with Crippen LogP contribution in [0.15, 0.2) is 0 Å². The molecule has 0 radical (unpaired) electrons. The second-order valence-electron chi connectivity index (χ2n) is 5.17. The number of hydrogen-bond acceptors (Lipinski definition) is 4. The van der Waals surface area contributed by atoms with Gasteiger partial charge in [-0.05, 0) is 26.7 Å². The van der Waals surface area contributed by atoms with E-state index in [2.05, 4.69) is 11.8 Å². The number of aliphatic carboxylic acids is 1. The minimum Gasteiger partial charge on any atom is -0.480 e. The smallest absolute Gasteiger partial charge is 0.323 e. The average molecular weight is 244 g/mol. The lowest BCUT2D eigenvalue weighted by Gasteiger charge is -2.39. The largest absolute Gasteiger partial charge is 0.480 e. The molecule has 1 heterocycles. The first-order valence-corrected chi connectivity index (χ1v) is 6.24. The Morgan fingerprint density at radius 1 is 1.65 bits per heavy atom. The number of morpholine rings is 1. The maximum Gasteiger partial charge on any atom is 0.323 e. The molecule has 100 valence electrons. The van der Waals surface area contributed by atoms with Gasteiger partial charge in [0.1, 0.15) is 5.54 Å². The molecule has 1 aliphatic heterocycles. The summed E-state index contributed by atoms with van der Waals surface area (Å²) in [5, 5.41) is 8.98. The molecule has 0 aromatic heterocycles. The van der Waals surface area contributed by atoms with E-state index in [1.54, 1.807) is 6.92 Å². The highest BCUT2D eigenvalue weighted by Gasteiger charge is 2.31. The first kappa shape index (κ1) is 14.4. The molecular formula is C12H24N2O3. The van der Waals surface area contributed by atoms with E-state index in [0.717, 1.165) is 19.6 Å². The number of hydrogen-bond donors (Lipinski definition) is 2. The first-order chi connectivity index (χ1) is 7.86. The Morgan fingerprint density at radius 3 is 2.82 bits per heavy atom. The third-order valence-electron chi connectivity index (χ3n) is 3.46. The zero-order valence-corrected chi connectivity index (χ0v) is 11.0. The third-order valence-corrected chi connectivity index (χ3v) is 3.46. The van der Waals surface area contributed by atoms with Gasteiger partial charge in [0.2, 0.25) is 0 Å². The number of nitrogens with two attached hydrogens (primary N) is 1. The van der Waals surface area contributed by atoms with Gasteiger partial charge in [-0.3, -0.25) is 9.69 Å². The lowest BCUT2D eigenvalue weighted by molar-refractivity contribution is -0.143. The molecule has 1 saturated heterocycles. The second kappa shape index (κ2) is 5.80. The molecular weight excluding hydrogens is 220 g/mol. The summed E-state index contributed by atoms with van der Waals surface area (Å²) in [5.41, 5.74) is 4.60. The van der Waals surface area contributed by atoms with Crippen molar-refractivity contribution in [3.63, 3.8) is 0 Å². The standard InChI is InChI=1S/C12H24N2O3/c1-4-10-8-17-9(2)7-14(10)6-5-12(3,13)11(15)16/h9-10H,4-8,13H2,1-3H3,(H,15,16). The molecule has 0 spiro atoms. The molecule has 1 fully saturated rings. The molecule has 3 N–H and O–H groups in total. The molecule has 0 aromatic rings. The van der Waals surface area contributed by atoms with E-state index < -0.39 is 11.5 Å². The maximum absolute atomic E-state index is 10.9. The van der Waals surface area contributed by atoms with Crippen molar-refractivity contribution in [2.75, 3.05) is 19.7 Å². The monoisotopic (exact) mass is 244 g/mol. The van der Waals surface area contributed by atoms with Crippen molar-refractivity contribution >= 4 is 5.97 Å². The Kier molecular flexibility index (Phi) is 4.91. The van der Waals surface area contributed by atoms with Crippen LogP contribution < -0.4 is 5.73 Å². The van der Waals surface area contributed by atoms with Crippen LogP contribution in [0.25, 0.3) is 0 Å². The second-order valence-corrected chi connectivity index (χ2v) is 5.17. The Labute approximate surface area is 103 Å². The van der Waals surface area contributed by atoms with E-state index in [0.29, 0.717) is 19.0 Å². The van der Waals surface area contributed by atoms with E-state index in [1.165, 1.54) is 0 Å². The molecule has 5 heteroatoms. The van der Waals surface area contributed by atoms with Gasteiger partial charge in [0, 0.05) is 19.1 Å². The van der Waals surface area contributed by atoms with Crippen molar-refractivity contribution in [1.82, 2.24) is 4.90 Å². The van der Waals surface area contributed by atoms with Gasteiger partial charge in [-0.15, -0.1) is 0 Å². The van der Waals surface area contributed by atoms with Crippen LogP contribution in [0.5, 0.6) is 0 Å². The van der Waals surface area contributed by atoms with Gasteiger partial charge in [-0.25, -0.2) is 0 Å². The topological polar surface area (TPSA) is 75.8 Å². The summed E-state index contributed by atoms with van der Waals surface area (Å²) in [6.45, 7) is 8.03. The molecule has 5 nitrogen and oxygen atoms in total. The molecule has 3 unspecified atom stereocenters. The lowest BCUT2D eigenvalue weighted by Crippen LogP contribution is -2.52. The predicted molar refractivity (Wildman–Crippen MR) is 65.9 cm³/mol. The van der Waals surface area contributed by atoms with Crippen molar-refractivity contribution in [1.29, 1.82) is 0 Å². The van der Waals surface area contributed by atoms with Crippen LogP contribution in [0.2, 0.25) is 0 Å². The lowest BCUT2D eigenvalue weighted by atomic mass is 9.98. The quantitative estimate of drug-likeness (QED) is 0.743. The molecule has 0 aromatic carbocycles. The van der Waals surface area contributed by atoms with E-state index in [1.807, 2.05) is 6.92 Å². The zero-order valence-electron chi connectivity index (χ0n) is 11.0. The van der Waals surface area contributed by atoms with Crippen molar-refractivity contribution < 1.29 is 14.6 Å². The number of nitrogens with zero attached hydrogens (tertiary/aromatic N) is 1. The molecule has 3 atom stereocenters. The normalized spacial score (nSPS) is 29.9. The highest BCUT2D eigenvalue weighted by Crippen LogP contribution is 2.17. The number of carboxylic acids is 1. The summed E-state index contributed by atoms with van der Waals surface area (Å²) >= 11 is 0. The summed E-state index contributed by atoms with van der Waals surface area (Å²) in [6, 6.07) is 0.385. The fourth-order valence-corrected chi connectivity index (χ4v) is 2.05. The summed E-state index contributed by atoms with van der Waals surface area (Å²) in [5.74, 6) is -0.938. The van der Waals surface area contributed by atoms with E-state index >= 15 is 0 Å². The molecule has 1 aliphatic rings. The maximum atomic E-state index is 10.9. The molecule has 0 amide bonds. The van der Waals surface area contributed by atoms with Crippen LogP contribution in [0, 0.1) is 0 Å². The van der Waals surface area contributed by atoms with Crippen LogP contribution in [-0.2, 0) is 9.53 Å². The summed E-state index contributed by atoms with van der Waals surface area (Å²) in [6.07, 6.45) is 1.69. The van der Waals surface area contributed by atoms with Gasteiger partial charge < -0.3 is 15.6 Å². The minimum absolute atomic E-state index is 0.214. The van der Waals surface area contributed by atoms with Crippen molar-refractivity contribution in [3.8, 4) is 0 Å². The SMILES string of the molecule is CCC1COC(C)CN1CCC(C)(N)C(=O)O. The molecule has 17 heavy (non-hydrogen) atoms. The molecule has 1 rings (SSSR count). The van der Waals surface area contributed by atoms with Gasteiger partial charge in [0.05, 0.1) is 12.7 Å². The van der Waals surface area contributed by atoms with Crippen LogP contribution in [0.3, 0.4) is 0 Å². The van der Waals surface area contributed by atoms with E-state index in [9.17, 15) is 4.79 Å². The Bertz CT molecular complexity index is 268. The van der Waals surface area contributed by atoms with E-state index in [-0.39, 0.29) is 6.10 Å². The Hall–Kier alpha value is -0.650. The van der Waals surface area contributed by atoms with Crippen molar-refractivity contribution in [2.45, 2.75) is 51.3 Å². The number of carboxylic acid groups (broad SMARTS) is 1. The fraction of sp³-hybridized carbons (Fsp3) is 0.917. The average Bonchev–Trinajstić information content (AvgIpc) is 2.26. The Morgan fingerprint density at radius 2 is 2.29 bits per heavy atom. The highest BCUT2D eigenvalue weighted by atomic mass is 16.5. The molecule has 0 bridgehead atoms. The van der Waals surface area contributed by atoms with Crippen molar-refractivity contribution in [2.24, 2.45) is 5.73 Å². The highest BCUT2D eigenvalue weighted by molar-refractivity contribution is 5.77. The van der Waals surface area contributed by atoms with Crippen LogP contribution >= 0.6 is 0 Å². The number of carbonyl (C=O) groups is 1. The molecule has 0 aliphatic carbocycles. The summed E-state index contributed by atoms with van der Waals surface area (Å²) < 4.78 is 5.60. The number of rotatable bonds is 5. The van der Waals surface area contributed by atoms with Crippen LogP contribution in [0.1, 0.15) is 33.6 Å². The Balaban J connectivity index is 2.51. The summed E-state index contributed by atoms with van der Waals surface area (Å²) in [4.78, 5) is 13.2. The van der Waals surface area contributed by atoms with Gasteiger partial charge in [-0.1, -0.05) is 6.92 Å². The van der Waals surface area contributed by atoms with Crippen molar-refractivity contribution in [3.05, 3.63) is 0 Å². The van der Waals surface area contributed by atoms with E-state index in [4.69, 9.17) is 15.6 Å². The number of ether oxygens (including phenoxy) is 1. The van der Waals surface area contributed by atoms with Crippen LogP contribution in [-0.4, -0.2) is 53.4 Å².